The summed E-state index contributed by atoms with van der Waals surface area (Å²) in [7, 11) is 0. The molecular weight excluding hydrogens is 132 g/mol. The van der Waals surface area contributed by atoms with Crippen LogP contribution in [0.3, 0.4) is 0 Å². The van der Waals surface area contributed by atoms with Crippen LogP contribution in [-0.2, 0) is 0 Å². The third-order valence-electron chi connectivity index (χ3n) is 2.54. The molecule has 0 amide bonds. The minimum atomic E-state index is 0. The number of rotatable bonds is 0. The van der Waals surface area contributed by atoms with Gasteiger partial charge in [0.05, 0.1) is 0 Å². The van der Waals surface area contributed by atoms with E-state index in [1.54, 1.807) is 0 Å². The van der Waals surface area contributed by atoms with Crippen LogP contribution >= 0.6 is 0 Å². The summed E-state index contributed by atoms with van der Waals surface area (Å²) in [6, 6.07) is 0. The smallest absolute Gasteiger partial charge is 0.0417 e. The highest BCUT2D eigenvalue weighted by atomic mass is 14.2. The average molecular weight is 158 g/mol. The Labute approximate surface area is 73.4 Å². The number of hydrogen-bond acceptors (Lipinski definition) is 0. The van der Waals surface area contributed by atoms with Gasteiger partial charge in [0.25, 0.3) is 0 Å². The van der Waals surface area contributed by atoms with Crippen LogP contribution in [0.25, 0.3) is 0 Å². The lowest BCUT2D eigenvalue weighted by Crippen LogP contribution is -2.12. The minimum absolute atomic E-state index is 0. The molecule has 2 atom stereocenters. The summed E-state index contributed by atoms with van der Waals surface area (Å²) in [6.45, 7) is 8.76. The highest BCUT2D eigenvalue weighted by Gasteiger charge is 2.15. The quantitative estimate of drug-likeness (QED) is 0.487. The molecule has 1 saturated carbocycles. The Bertz CT molecular complexity index is 56.4. The van der Waals surface area contributed by atoms with Crippen LogP contribution in [0.2, 0.25) is 0 Å². The van der Waals surface area contributed by atoms with Crippen molar-refractivity contribution in [3.63, 3.8) is 0 Å². The maximum atomic E-state index is 2.38. The molecule has 0 radical (unpaired) electrons. The molecule has 0 bridgehead atoms. The first-order chi connectivity index (χ1) is 4.80. The lowest BCUT2D eigenvalue weighted by atomic mass is 9.82. The van der Waals surface area contributed by atoms with Gasteiger partial charge < -0.3 is 0 Å². The molecule has 1 rings (SSSR count). The highest BCUT2D eigenvalue weighted by Crippen LogP contribution is 2.28. The van der Waals surface area contributed by atoms with Crippen molar-refractivity contribution in [2.75, 3.05) is 0 Å². The second-order valence-electron chi connectivity index (χ2n) is 3.24. The fourth-order valence-electron chi connectivity index (χ4n) is 1.50. The minimum Gasteiger partial charge on any atom is -0.0776 e. The average Bonchev–Trinajstić information content (AvgIpc) is 2.00. The van der Waals surface area contributed by atoms with E-state index in [9.17, 15) is 0 Å². The topological polar surface area (TPSA) is 0 Å². The van der Waals surface area contributed by atoms with Crippen molar-refractivity contribution in [1.82, 2.24) is 0 Å². The molecule has 11 heavy (non-hydrogen) atoms. The van der Waals surface area contributed by atoms with E-state index in [-0.39, 0.29) is 7.43 Å². The van der Waals surface area contributed by atoms with Crippen molar-refractivity contribution >= 4 is 0 Å². The zero-order chi connectivity index (χ0) is 7.98. The molecular formula is C11H26. The molecule has 0 nitrogen and oxygen atoms in total. The largest absolute Gasteiger partial charge is 0.0776 e. The van der Waals surface area contributed by atoms with Gasteiger partial charge >= 0.3 is 0 Å². The van der Waals surface area contributed by atoms with E-state index in [4.69, 9.17) is 0 Å². The molecule has 0 saturated heterocycles. The first-order valence-electron chi connectivity index (χ1n) is 4.80. The van der Waals surface area contributed by atoms with Crippen LogP contribution in [0, 0.1) is 11.8 Å². The molecule has 70 valence electrons. The highest BCUT2D eigenvalue weighted by molar-refractivity contribution is 4.67. The van der Waals surface area contributed by atoms with Crippen LogP contribution in [0.15, 0.2) is 0 Å². The van der Waals surface area contributed by atoms with E-state index in [1.165, 1.54) is 25.7 Å². The maximum absolute atomic E-state index is 2.38. The van der Waals surface area contributed by atoms with E-state index in [0.29, 0.717) is 0 Å². The zero-order valence-corrected chi connectivity index (χ0v) is 7.98. The monoisotopic (exact) mass is 158 g/mol. The van der Waals surface area contributed by atoms with Crippen molar-refractivity contribution in [3.05, 3.63) is 0 Å². The van der Waals surface area contributed by atoms with Gasteiger partial charge in [0, 0.05) is 0 Å². The Kier molecular flexibility index (Phi) is 10.0. The van der Waals surface area contributed by atoms with Crippen molar-refractivity contribution in [2.45, 2.75) is 60.8 Å². The normalized spacial score (nSPS) is 29.5. The first-order valence-corrected chi connectivity index (χ1v) is 4.80. The molecule has 0 heterocycles. The Morgan fingerprint density at radius 1 is 0.818 bits per heavy atom. The van der Waals surface area contributed by atoms with Crippen molar-refractivity contribution < 1.29 is 0 Å². The summed E-state index contributed by atoms with van der Waals surface area (Å²) < 4.78 is 0. The standard InChI is InChI=1S/C8H16.C2H6.CH4/c1-7-5-3-4-6-8(7)2;1-2;/h7-8H,3-6H2,1-2H3;1-2H3;1H4. The second kappa shape index (κ2) is 8.10. The third kappa shape index (κ3) is 5.29. The fraction of sp³-hybridized carbons (Fsp3) is 1.00. The fourth-order valence-corrected chi connectivity index (χ4v) is 1.50. The van der Waals surface area contributed by atoms with Gasteiger partial charge in [-0.15, -0.1) is 0 Å². The Morgan fingerprint density at radius 3 is 1.27 bits per heavy atom. The molecule has 1 aliphatic carbocycles. The van der Waals surface area contributed by atoms with Gasteiger partial charge in [-0.3, -0.25) is 0 Å². The Balaban J connectivity index is 0. The van der Waals surface area contributed by atoms with Crippen molar-refractivity contribution in [3.8, 4) is 0 Å². The third-order valence-corrected chi connectivity index (χ3v) is 2.54. The lowest BCUT2D eigenvalue weighted by Gasteiger charge is -2.24. The molecule has 0 heteroatoms. The molecule has 1 aliphatic rings. The number of hydrogen-bond donors (Lipinski definition) is 0. The maximum Gasteiger partial charge on any atom is -0.0417 e. The predicted molar refractivity (Wildman–Crippen MR) is 54.9 cm³/mol. The molecule has 2 unspecified atom stereocenters. The molecule has 0 aromatic carbocycles. The summed E-state index contributed by atoms with van der Waals surface area (Å²) >= 11 is 0. The van der Waals surface area contributed by atoms with E-state index < -0.39 is 0 Å². The summed E-state index contributed by atoms with van der Waals surface area (Å²) in [6.07, 6.45) is 5.90. The van der Waals surface area contributed by atoms with Gasteiger partial charge in [-0.25, -0.2) is 0 Å². The Morgan fingerprint density at radius 2 is 1.09 bits per heavy atom. The summed E-state index contributed by atoms with van der Waals surface area (Å²) in [5.74, 6) is 2.01. The van der Waals surface area contributed by atoms with Crippen LogP contribution in [0.5, 0.6) is 0 Å². The Hall–Kier alpha value is 0. The van der Waals surface area contributed by atoms with Gasteiger partial charge in [-0.05, 0) is 11.8 Å². The summed E-state index contributed by atoms with van der Waals surface area (Å²) in [4.78, 5) is 0. The van der Waals surface area contributed by atoms with Crippen molar-refractivity contribution in [2.24, 2.45) is 11.8 Å². The predicted octanol–water partition coefficient (Wildman–Crippen LogP) is 4.49. The molecule has 0 aliphatic heterocycles. The molecule has 0 aromatic heterocycles. The van der Waals surface area contributed by atoms with Crippen LogP contribution < -0.4 is 0 Å². The molecule has 0 spiro atoms. The van der Waals surface area contributed by atoms with Crippen LogP contribution in [0.1, 0.15) is 60.8 Å². The van der Waals surface area contributed by atoms with E-state index in [2.05, 4.69) is 13.8 Å². The van der Waals surface area contributed by atoms with Crippen LogP contribution in [0.4, 0.5) is 0 Å². The van der Waals surface area contributed by atoms with E-state index in [1.807, 2.05) is 13.8 Å². The van der Waals surface area contributed by atoms with E-state index in [0.717, 1.165) is 11.8 Å². The van der Waals surface area contributed by atoms with Gasteiger partial charge in [0.2, 0.25) is 0 Å². The summed E-state index contributed by atoms with van der Waals surface area (Å²) in [5, 5.41) is 0. The first kappa shape index (κ1) is 13.6. The second-order valence-corrected chi connectivity index (χ2v) is 3.24. The van der Waals surface area contributed by atoms with Crippen LogP contribution in [-0.4, -0.2) is 0 Å². The van der Waals surface area contributed by atoms with Gasteiger partial charge in [-0.1, -0.05) is 60.8 Å². The van der Waals surface area contributed by atoms with Gasteiger partial charge in [0.1, 0.15) is 0 Å². The van der Waals surface area contributed by atoms with Gasteiger partial charge in [0.15, 0.2) is 0 Å². The lowest BCUT2D eigenvalue weighted by molar-refractivity contribution is 0.277. The zero-order valence-electron chi connectivity index (χ0n) is 7.98. The summed E-state index contributed by atoms with van der Waals surface area (Å²) in [5.41, 5.74) is 0. The van der Waals surface area contributed by atoms with Crippen molar-refractivity contribution in [1.29, 1.82) is 0 Å². The SMILES string of the molecule is C.CC.CC1CCCCC1C. The van der Waals surface area contributed by atoms with E-state index >= 15 is 0 Å². The molecule has 1 fully saturated rings. The van der Waals surface area contributed by atoms with Gasteiger partial charge in [-0.2, -0.15) is 0 Å². The molecule has 0 aromatic rings. The molecule has 0 N–H and O–H groups in total.